The molecule has 1 aliphatic rings. The highest BCUT2D eigenvalue weighted by Gasteiger charge is 2.28. The molecular weight excluding hydrogens is 236 g/mol. The molecule has 102 valence electrons. The first-order chi connectivity index (χ1) is 7.99. The quantitative estimate of drug-likeness (QED) is 0.785. The Balaban J connectivity index is 2.47. The van der Waals surface area contributed by atoms with Gasteiger partial charge in [0.1, 0.15) is 0 Å². The lowest BCUT2D eigenvalue weighted by molar-refractivity contribution is 0.269. The summed E-state index contributed by atoms with van der Waals surface area (Å²) in [5.74, 6) is 1.20. The molecule has 5 heteroatoms. The zero-order valence-corrected chi connectivity index (χ0v) is 12.1. The van der Waals surface area contributed by atoms with Crippen molar-refractivity contribution in [1.82, 2.24) is 9.62 Å². The van der Waals surface area contributed by atoms with Crippen molar-refractivity contribution in [3.63, 3.8) is 0 Å². The Morgan fingerprint density at radius 1 is 1.35 bits per heavy atom. The molecule has 1 atom stereocenters. The smallest absolute Gasteiger partial charge is 0.214 e. The fourth-order valence-electron chi connectivity index (χ4n) is 2.26. The summed E-state index contributed by atoms with van der Waals surface area (Å²) in [6, 6.07) is 0. The molecule has 0 aliphatic carbocycles. The molecule has 0 aromatic rings. The van der Waals surface area contributed by atoms with Crippen LogP contribution in [0, 0.1) is 11.8 Å². The van der Waals surface area contributed by atoms with E-state index in [4.69, 9.17) is 0 Å². The lowest BCUT2D eigenvalue weighted by Gasteiger charge is -2.31. The van der Waals surface area contributed by atoms with Gasteiger partial charge in [-0.1, -0.05) is 20.3 Å². The molecule has 1 saturated heterocycles. The van der Waals surface area contributed by atoms with Crippen LogP contribution >= 0.6 is 0 Å². The second-order valence-electron chi connectivity index (χ2n) is 5.19. The van der Waals surface area contributed by atoms with Gasteiger partial charge in [0.2, 0.25) is 10.0 Å². The highest BCUT2D eigenvalue weighted by molar-refractivity contribution is 7.89. The van der Waals surface area contributed by atoms with E-state index in [1.807, 2.05) is 20.9 Å². The van der Waals surface area contributed by atoms with E-state index in [1.54, 1.807) is 4.31 Å². The molecule has 1 N–H and O–H groups in total. The standard InChI is InChI=1S/C12H26N2O2S/c1-4-11(2)10-17(15,16)14-7-5-12(6-8-14)9-13-3/h11-13H,4-10H2,1-3H3. The van der Waals surface area contributed by atoms with Gasteiger partial charge in [0.25, 0.3) is 0 Å². The van der Waals surface area contributed by atoms with Crippen LogP contribution < -0.4 is 5.32 Å². The summed E-state index contributed by atoms with van der Waals surface area (Å²) in [6.07, 6.45) is 2.90. The highest BCUT2D eigenvalue weighted by atomic mass is 32.2. The van der Waals surface area contributed by atoms with Crippen molar-refractivity contribution in [3.05, 3.63) is 0 Å². The second-order valence-corrected chi connectivity index (χ2v) is 7.21. The first kappa shape index (κ1) is 14.9. The predicted molar refractivity (Wildman–Crippen MR) is 71.5 cm³/mol. The molecule has 0 aromatic heterocycles. The highest BCUT2D eigenvalue weighted by Crippen LogP contribution is 2.20. The Labute approximate surface area is 106 Å². The maximum Gasteiger partial charge on any atom is 0.214 e. The number of rotatable bonds is 6. The van der Waals surface area contributed by atoms with Gasteiger partial charge < -0.3 is 5.32 Å². The lowest BCUT2D eigenvalue weighted by Crippen LogP contribution is -2.42. The molecule has 17 heavy (non-hydrogen) atoms. The fraction of sp³-hybridized carbons (Fsp3) is 1.00. The SMILES string of the molecule is CCC(C)CS(=O)(=O)N1CCC(CNC)CC1. The van der Waals surface area contributed by atoms with Crippen molar-refractivity contribution in [3.8, 4) is 0 Å². The monoisotopic (exact) mass is 262 g/mol. The zero-order chi connectivity index (χ0) is 12.9. The number of hydrogen-bond acceptors (Lipinski definition) is 3. The topological polar surface area (TPSA) is 49.4 Å². The van der Waals surface area contributed by atoms with Gasteiger partial charge in [0.15, 0.2) is 0 Å². The molecule has 0 bridgehead atoms. The minimum absolute atomic E-state index is 0.259. The van der Waals surface area contributed by atoms with Gasteiger partial charge in [-0.05, 0) is 38.3 Å². The number of sulfonamides is 1. The summed E-state index contributed by atoms with van der Waals surface area (Å²) in [5, 5.41) is 3.16. The molecule has 1 unspecified atom stereocenters. The molecular formula is C12H26N2O2S. The van der Waals surface area contributed by atoms with Crippen molar-refractivity contribution in [2.75, 3.05) is 32.4 Å². The van der Waals surface area contributed by atoms with E-state index >= 15 is 0 Å². The maximum absolute atomic E-state index is 12.1. The van der Waals surface area contributed by atoms with Crippen LogP contribution in [0.1, 0.15) is 33.1 Å². The average Bonchev–Trinajstić information content (AvgIpc) is 2.29. The Morgan fingerprint density at radius 2 is 1.94 bits per heavy atom. The Bertz CT molecular complexity index is 308. The minimum atomic E-state index is -3.02. The van der Waals surface area contributed by atoms with Crippen molar-refractivity contribution in [1.29, 1.82) is 0 Å². The van der Waals surface area contributed by atoms with Crippen LogP contribution in [0.2, 0.25) is 0 Å². The molecule has 4 nitrogen and oxygen atoms in total. The van der Waals surface area contributed by atoms with E-state index in [0.717, 1.165) is 25.8 Å². The molecule has 0 radical (unpaired) electrons. The summed E-state index contributed by atoms with van der Waals surface area (Å²) in [6.45, 7) is 6.44. The van der Waals surface area contributed by atoms with Crippen LogP contribution in [-0.4, -0.2) is 45.2 Å². The minimum Gasteiger partial charge on any atom is -0.319 e. The summed E-state index contributed by atoms with van der Waals surface area (Å²) in [4.78, 5) is 0. The normalized spacial score (nSPS) is 21.6. The van der Waals surface area contributed by atoms with E-state index in [1.165, 1.54) is 0 Å². The molecule has 0 spiro atoms. The van der Waals surface area contributed by atoms with Crippen LogP contribution in [-0.2, 0) is 10.0 Å². The molecule has 1 heterocycles. The van der Waals surface area contributed by atoms with Crippen LogP contribution in [0.15, 0.2) is 0 Å². The lowest BCUT2D eigenvalue weighted by atomic mass is 9.98. The first-order valence-corrected chi connectivity index (χ1v) is 8.23. The van der Waals surface area contributed by atoms with Crippen molar-refractivity contribution < 1.29 is 8.42 Å². The molecule has 1 rings (SSSR count). The predicted octanol–water partition coefficient (Wildman–Crippen LogP) is 1.29. The van der Waals surface area contributed by atoms with Gasteiger partial charge in [-0.15, -0.1) is 0 Å². The Kier molecular flexibility index (Phi) is 5.89. The van der Waals surface area contributed by atoms with Gasteiger partial charge in [-0.25, -0.2) is 12.7 Å². The number of hydrogen-bond donors (Lipinski definition) is 1. The molecule has 0 saturated carbocycles. The summed E-state index contributed by atoms with van der Waals surface area (Å²) < 4.78 is 25.9. The van der Waals surface area contributed by atoms with Crippen molar-refractivity contribution in [2.45, 2.75) is 33.1 Å². The zero-order valence-electron chi connectivity index (χ0n) is 11.3. The van der Waals surface area contributed by atoms with E-state index in [0.29, 0.717) is 24.8 Å². The maximum atomic E-state index is 12.1. The van der Waals surface area contributed by atoms with E-state index in [-0.39, 0.29) is 5.92 Å². The molecule has 1 aliphatic heterocycles. The van der Waals surface area contributed by atoms with Crippen molar-refractivity contribution >= 4 is 10.0 Å². The van der Waals surface area contributed by atoms with Crippen molar-refractivity contribution in [2.24, 2.45) is 11.8 Å². The van der Waals surface area contributed by atoms with Gasteiger partial charge in [-0.2, -0.15) is 0 Å². The molecule has 1 fully saturated rings. The van der Waals surface area contributed by atoms with Gasteiger partial charge in [-0.3, -0.25) is 0 Å². The number of nitrogens with zero attached hydrogens (tertiary/aromatic N) is 1. The third-order valence-corrected chi connectivity index (χ3v) is 5.79. The third-order valence-electron chi connectivity index (χ3n) is 3.65. The molecule has 0 amide bonds. The van der Waals surface area contributed by atoms with E-state index in [9.17, 15) is 8.42 Å². The number of piperidine rings is 1. The second kappa shape index (κ2) is 6.71. The Morgan fingerprint density at radius 3 is 2.41 bits per heavy atom. The van der Waals surface area contributed by atoms with Gasteiger partial charge >= 0.3 is 0 Å². The molecule has 0 aromatic carbocycles. The average molecular weight is 262 g/mol. The number of nitrogens with one attached hydrogen (secondary N) is 1. The fourth-order valence-corrected chi connectivity index (χ4v) is 4.20. The summed E-state index contributed by atoms with van der Waals surface area (Å²) in [5.41, 5.74) is 0. The van der Waals surface area contributed by atoms with Crippen LogP contribution in [0.4, 0.5) is 0 Å². The summed E-state index contributed by atoms with van der Waals surface area (Å²) in [7, 11) is -1.07. The third kappa shape index (κ3) is 4.56. The van der Waals surface area contributed by atoms with Gasteiger partial charge in [0, 0.05) is 13.1 Å². The van der Waals surface area contributed by atoms with E-state index < -0.39 is 10.0 Å². The largest absolute Gasteiger partial charge is 0.319 e. The van der Waals surface area contributed by atoms with Gasteiger partial charge in [0.05, 0.1) is 5.75 Å². The summed E-state index contributed by atoms with van der Waals surface area (Å²) >= 11 is 0. The van der Waals surface area contributed by atoms with Crippen LogP contribution in [0.3, 0.4) is 0 Å². The first-order valence-electron chi connectivity index (χ1n) is 6.62. The van der Waals surface area contributed by atoms with E-state index in [2.05, 4.69) is 5.32 Å². The Hall–Kier alpha value is -0.130. The van der Waals surface area contributed by atoms with Crippen LogP contribution in [0.25, 0.3) is 0 Å². The van der Waals surface area contributed by atoms with Crippen LogP contribution in [0.5, 0.6) is 0 Å².